The van der Waals surface area contributed by atoms with E-state index in [-0.39, 0.29) is 5.82 Å². The fourth-order valence-corrected chi connectivity index (χ4v) is 4.40. The first-order valence-electron chi connectivity index (χ1n) is 8.08. The Bertz CT molecular complexity index is 494. The lowest BCUT2D eigenvalue weighted by Crippen LogP contribution is -2.49. The molecule has 2 aliphatic rings. The van der Waals surface area contributed by atoms with Gasteiger partial charge in [-0.05, 0) is 54.5 Å². The number of amides is 1. The summed E-state index contributed by atoms with van der Waals surface area (Å²) in [5.41, 5.74) is 1.04. The number of nitrogens with zero attached hydrogens (tertiary/aromatic N) is 2. The Morgan fingerprint density at radius 2 is 1.73 bits per heavy atom. The average Bonchev–Trinajstić information content (AvgIpc) is 2.57. The van der Waals surface area contributed by atoms with Crippen LogP contribution in [0.15, 0.2) is 24.3 Å². The van der Waals surface area contributed by atoms with E-state index in [1.54, 1.807) is 0 Å². The molecule has 0 radical (unpaired) electrons. The van der Waals surface area contributed by atoms with Crippen LogP contribution in [-0.4, -0.2) is 48.5 Å². The predicted octanol–water partition coefficient (Wildman–Crippen LogP) is 3.01. The second-order valence-corrected chi connectivity index (χ2v) is 7.33. The summed E-state index contributed by atoms with van der Waals surface area (Å²) in [5, 5.41) is 0. The molecule has 0 aliphatic carbocycles. The minimum absolute atomic E-state index is 0.205. The summed E-state index contributed by atoms with van der Waals surface area (Å²) in [4.78, 5) is 16.6. The molecule has 1 aromatic carbocycles. The van der Waals surface area contributed by atoms with Crippen LogP contribution in [0.2, 0.25) is 0 Å². The zero-order valence-electron chi connectivity index (χ0n) is 12.8. The molecular weight excluding hydrogens is 299 g/mol. The molecule has 1 amide bonds. The molecule has 3 nitrogen and oxygen atoms in total. The van der Waals surface area contributed by atoms with Gasteiger partial charge in [0, 0.05) is 38.3 Å². The molecule has 0 bridgehead atoms. The van der Waals surface area contributed by atoms with Gasteiger partial charge in [-0.25, -0.2) is 4.39 Å². The lowest BCUT2D eigenvalue weighted by atomic mass is 9.98. The van der Waals surface area contributed by atoms with Crippen molar-refractivity contribution in [3.8, 4) is 0 Å². The standard InChI is InChI=1S/C17H23FN2OS/c18-15-1-3-16(4-2-15)19-7-9-20(10-8-19)17(21)13-14-5-11-22-12-6-14/h1-4,14H,5-13H2. The maximum atomic E-state index is 13.0. The number of hydrogen-bond acceptors (Lipinski definition) is 3. The van der Waals surface area contributed by atoms with Crippen molar-refractivity contribution in [1.82, 2.24) is 4.90 Å². The summed E-state index contributed by atoms with van der Waals surface area (Å²) in [6.45, 7) is 3.21. The van der Waals surface area contributed by atoms with Crippen molar-refractivity contribution in [2.45, 2.75) is 19.3 Å². The van der Waals surface area contributed by atoms with Crippen LogP contribution in [0.4, 0.5) is 10.1 Å². The predicted molar refractivity (Wildman–Crippen MR) is 89.9 cm³/mol. The molecule has 3 rings (SSSR count). The molecular formula is C17H23FN2OS. The van der Waals surface area contributed by atoms with Crippen LogP contribution < -0.4 is 4.90 Å². The third-order valence-corrected chi connectivity index (χ3v) is 5.68. The first-order chi connectivity index (χ1) is 10.7. The Hall–Kier alpha value is -1.23. The molecule has 22 heavy (non-hydrogen) atoms. The Labute approximate surface area is 135 Å². The molecule has 0 N–H and O–H groups in total. The molecule has 2 heterocycles. The zero-order chi connectivity index (χ0) is 15.4. The van der Waals surface area contributed by atoms with Gasteiger partial charge < -0.3 is 9.80 Å². The quantitative estimate of drug-likeness (QED) is 0.855. The molecule has 0 unspecified atom stereocenters. The van der Waals surface area contributed by atoms with Gasteiger partial charge in [0.15, 0.2) is 0 Å². The minimum atomic E-state index is -0.205. The molecule has 0 aromatic heterocycles. The SMILES string of the molecule is O=C(CC1CCSCC1)N1CCN(c2ccc(F)cc2)CC1. The number of piperazine rings is 1. The summed E-state index contributed by atoms with van der Waals surface area (Å²) < 4.78 is 13.0. The van der Waals surface area contributed by atoms with Gasteiger partial charge in [0.05, 0.1) is 0 Å². The van der Waals surface area contributed by atoms with Crippen molar-refractivity contribution in [3.63, 3.8) is 0 Å². The van der Waals surface area contributed by atoms with Gasteiger partial charge in [-0.15, -0.1) is 0 Å². The Morgan fingerprint density at radius 3 is 2.36 bits per heavy atom. The largest absolute Gasteiger partial charge is 0.368 e. The minimum Gasteiger partial charge on any atom is -0.368 e. The first kappa shape index (κ1) is 15.7. The van der Waals surface area contributed by atoms with E-state index in [0.29, 0.717) is 11.8 Å². The molecule has 0 saturated carbocycles. The maximum Gasteiger partial charge on any atom is 0.222 e. The van der Waals surface area contributed by atoms with Gasteiger partial charge in [-0.2, -0.15) is 11.8 Å². The van der Waals surface area contributed by atoms with Crippen LogP contribution in [-0.2, 0) is 4.79 Å². The Kier molecular flexibility index (Phi) is 5.24. The van der Waals surface area contributed by atoms with Crippen molar-refractivity contribution < 1.29 is 9.18 Å². The van der Waals surface area contributed by atoms with Gasteiger partial charge in [0.1, 0.15) is 5.82 Å². The van der Waals surface area contributed by atoms with E-state index in [9.17, 15) is 9.18 Å². The molecule has 1 aromatic rings. The van der Waals surface area contributed by atoms with Crippen molar-refractivity contribution in [2.24, 2.45) is 5.92 Å². The molecule has 0 atom stereocenters. The topological polar surface area (TPSA) is 23.6 Å². The van der Waals surface area contributed by atoms with E-state index >= 15 is 0 Å². The van der Waals surface area contributed by atoms with E-state index in [1.807, 2.05) is 28.8 Å². The highest BCUT2D eigenvalue weighted by Gasteiger charge is 2.24. The smallest absolute Gasteiger partial charge is 0.222 e. The molecule has 2 saturated heterocycles. The summed E-state index contributed by atoms with van der Waals surface area (Å²) in [7, 11) is 0. The first-order valence-corrected chi connectivity index (χ1v) is 9.24. The summed E-state index contributed by atoms with van der Waals surface area (Å²) in [6.07, 6.45) is 3.09. The number of halogens is 1. The van der Waals surface area contributed by atoms with Gasteiger partial charge in [-0.1, -0.05) is 0 Å². The van der Waals surface area contributed by atoms with E-state index in [2.05, 4.69) is 4.90 Å². The highest BCUT2D eigenvalue weighted by Crippen LogP contribution is 2.26. The van der Waals surface area contributed by atoms with Crippen molar-refractivity contribution in [2.75, 3.05) is 42.6 Å². The van der Waals surface area contributed by atoms with Crippen molar-refractivity contribution in [3.05, 3.63) is 30.1 Å². The highest BCUT2D eigenvalue weighted by molar-refractivity contribution is 7.99. The van der Waals surface area contributed by atoms with Crippen LogP contribution in [0.3, 0.4) is 0 Å². The Morgan fingerprint density at radius 1 is 1.09 bits per heavy atom. The van der Waals surface area contributed by atoms with Crippen LogP contribution in [0.5, 0.6) is 0 Å². The van der Waals surface area contributed by atoms with Crippen molar-refractivity contribution >= 4 is 23.4 Å². The number of rotatable bonds is 3. The number of hydrogen-bond donors (Lipinski definition) is 0. The van der Waals surface area contributed by atoms with Crippen LogP contribution >= 0.6 is 11.8 Å². The average molecular weight is 322 g/mol. The highest BCUT2D eigenvalue weighted by atomic mass is 32.2. The lowest BCUT2D eigenvalue weighted by Gasteiger charge is -2.37. The van der Waals surface area contributed by atoms with Crippen molar-refractivity contribution in [1.29, 1.82) is 0 Å². The Balaban J connectivity index is 1.48. The fraction of sp³-hybridized carbons (Fsp3) is 0.588. The molecule has 2 aliphatic heterocycles. The van der Waals surface area contributed by atoms with E-state index in [4.69, 9.17) is 0 Å². The second kappa shape index (κ2) is 7.36. The third-order valence-electron chi connectivity index (χ3n) is 4.63. The van der Waals surface area contributed by atoms with Gasteiger partial charge in [0.25, 0.3) is 0 Å². The summed E-state index contributed by atoms with van der Waals surface area (Å²) in [6, 6.07) is 6.61. The van der Waals surface area contributed by atoms with Gasteiger partial charge in [-0.3, -0.25) is 4.79 Å². The number of benzene rings is 1. The van der Waals surface area contributed by atoms with E-state index in [0.717, 1.165) is 38.3 Å². The molecule has 2 fully saturated rings. The number of carbonyl (C=O) groups excluding carboxylic acids is 1. The fourth-order valence-electron chi connectivity index (χ4n) is 3.19. The summed E-state index contributed by atoms with van der Waals surface area (Å²) in [5.74, 6) is 3.11. The summed E-state index contributed by atoms with van der Waals surface area (Å²) >= 11 is 2.00. The normalized spacial score (nSPS) is 20.2. The molecule has 0 spiro atoms. The number of anilines is 1. The second-order valence-electron chi connectivity index (χ2n) is 6.10. The van der Waals surface area contributed by atoms with E-state index in [1.165, 1.54) is 36.5 Å². The monoisotopic (exact) mass is 322 g/mol. The number of thioether (sulfide) groups is 1. The molecule has 120 valence electrons. The van der Waals surface area contributed by atoms with Crippen LogP contribution in [0, 0.1) is 11.7 Å². The van der Waals surface area contributed by atoms with E-state index < -0.39 is 0 Å². The zero-order valence-corrected chi connectivity index (χ0v) is 13.7. The maximum absolute atomic E-state index is 13.0. The van der Waals surface area contributed by atoms with Gasteiger partial charge >= 0.3 is 0 Å². The van der Waals surface area contributed by atoms with Crippen LogP contribution in [0.1, 0.15) is 19.3 Å². The molecule has 5 heteroatoms. The lowest BCUT2D eigenvalue weighted by molar-refractivity contribution is -0.132. The van der Waals surface area contributed by atoms with Gasteiger partial charge in [0.2, 0.25) is 5.91 Å². The number of carbonyl (C=O) groups is 1. The van der Waals surface area contributed by atoms with Crippen LogP contribution in [0.25, 0.3) is 0 Å². The third kappa shape index (κ3) is 3.94.